The van der Waals surface area contributed by atoms with E-state index in [1.807, 2.05) is 0 Å². The number of guanidine groups is 1. The first-order chi connectivity index (χ1) is 10.1. The van der Waals surface area contributed by atoms with Gasteiger partial charge in [0.1, 0.15) is 0 Å². The third kappa shape index (κ3) is 4.19. The molecule has 1 rings (SSSR count). The maximum absolute atomic E-state index is 12.3. The highest BCUT2D eigenvalue weighted by Gasteiger charge is 2.54. The standard InChI is InChI=1S/C14H24N4O4/c1-8(19)22-11-9(6-5-7-17-13(15)16)10(20)18(11)12(21)14(2,3)4/h9,11H,5-7H2,1-4H3,(H4,15,16,17). The highest BCUT2D eigenvalue weighted by atomic mass is 16.6. The molecule has 2 unspecified atom stereocenters. The average molecular weight is 312 g/mol. The number of nitrogens with one attached hydrogen (secondary N) is 2. The van der Waals surface area contributed by atoms with E-state index < -0.39 is 23.5 Å². The molecule has 0 aliphatic carbocycles. The Kier molecular flexibility index (Phi) is 5.51. The van der Waals surface area contributed by atoms with Crippen LogP contribution in [0.1, 0.15) is 40.5 Å². The summed E-state index contributed by atoms with van der Waals surface area (Å²) in [6, 6.07) is 0. The SMILES string of the molecule is CC(=O)OC1C(CCCNC(=N)N)C(=O)N1C(=O)C(C)(C)C. The van der Waals surface area contributed by atoms with Crippen molar-refractivity contribution in [2.24, 2.45) is 17.1 Å². The number of likely N-dealkylation sites (tertiary alicyclic amines) is 1. The lowest BCUT2D eigenvalue weighted by atomic mass is 9.86. The summed E-state index contributed by atoms with van der Waals surface area (Å²) >= 11 is 0. The maximum atomic E-state index is 12.3. The summed E-state index contributed by atoms with van der Waals surface area (Å²) in [6.07, 6.45) is 0.185. The van der Waals surface area contributed by atoms with E-state index in [0.717, 1.165) is 4.90 Å². The van der Waals surface area contributed by atoms with Crippen molar-refractivity contribution < 1.29 is 19.1 Å². The fourth-order valence-electron chi connectivity index (χ4n) is 2.22. The first-order valence-electron chi connectivity index (χ1n) is 7.18. The lowest BCUT2D eigenvalue weighted by molar-refractivity contribution is -0.203. The van der Waals surface area contributed by atoms with Crippen molar-refractivity contribution in [1.82, 2.24) is 10.2 Å². The van der Waals surface area contributed by atoms with Crippen molar-refractivity contribution in [3.8, 4) is 0 Å². The molecule has 0 aromatic rings. The van der Waals surface area contributed by atoms with Crippen LogP contribution >= 0.6 is 0 Å². The summed E-state index contributed by atoms with van der Waals surface area (Å²) in [5.41, 5.74) is 4.44. The Morgan fingerprint density at radius 2 is 2.00 bits per heavy atom. The van der Waals surface area contributed by atoms with Crippen molar-refractivity contribution >= 4 is 23.7 Å². The largest absolute Gasteiger partial charge is 0.440 e. The molecule has 0 radical (unpaired) electrons. The number of hydrogen-bond donors (Lipinski definition) is 3. The molecule has 1 heterocycles. The van der Waals surface area contributed by atoms with Crippen LogP contribution in [0.25, 0.3) is 0 Å². The monoisotopic (exact) mass is 312 g/mol. The summed E-state index contributed by atoms with van der Waals surface area (Å²) in [5, 5.41) is 9.68. The van der Waals surface area contributed by atoms with Crippen LogP contribution in [-0.4, -0.2) is 41.4 Å². The van der Waals surface area contributed by atoms with Crippen LogP contribution < -0.4 is 11.1 Å². The van der Waals surface area contributed by atoms with Crippen LogP contribution in [0.4, 0.5) is 0 Å². The number of hydrogen-bond acceptors (Lipinski definition) is 5. The second-order valence-corrected chi connectivity index (χ2v) is 6.35. The summed E-state index contributed by atoms with van der Waals surface area (Å²) in [5.74, 6) is -1.88. The van der Waals surface area contributed by atoms with Gasteiger partial charge in [-0.25, -0.2) is 4.90 Å². The van der Waals surface area contributed by atoms with Gasteiger partial charge >= 0.3 is 5.97 Å². The third-order valence-electron chi connectivity index (χ3n) is 3.31. The maximum Gasteiger partial charge on any atom is 0.304 e. The van der Waals surface area contributed by atoms with E-state index in [1.54, 1.807) is 20.8 Å². The molecular weight excluding hydrogens is 288 g/mol. The van der Waals surface area contributed by atoms with Gasteiger partial charge in [-0.2, -0.15) is 0 Å². The number of nitrogens with zero attached hydrogens (tertiary/aromatic N) is 1. The molecule has 0 bridgehead atoms. The second kappa shape index (κ2) is 6.76. The Balaban J connectivity index is 2.70. The van der Waals surface area contributed by atoms with Crippen molar-refractivity contribution in [2.75, 3.05) is 6.54 Å². The van der Waals surface area contributed by atoms with Gasteiger partial charge in [0.25, 0.3) is 0 Å². The Hall–Kier alpha value is -2.12. The summed E-state index contributed by atoms with van der Waals surface area (Å²) in [7, 11) is 0. The van der Waals surface area contributed by atoms with E-state index in [-0.39, 0.29) is 17.8 Å². The van der Waals surface area contributed by atoms with Gasteiger partial charge in [-0.15, -0.1) is 0 Å². The van der Waals surface area contributed by atoms with Crippen LogP contribution in [0.5, 0.6) is 0 Å². The molecule has 4 N–H and O–H groups in total. The fraction of sp³-hybridized carbons (Fsp3) is 0.714. The van der Waals surface area contributed by atoms with Crippen molar-refractivity contribution in [2.45, 2.75) is 46.8 Å². The fourth-order valence-corrected chi connectivity index (χ4v) is 2.22. The molecule has 1 saturated heterocycles. The Morgan fingerprint density at radius 3 is 2.45 bits per heavy atom. The van der Waals surface area contributed by atoms with Crippen molar-refractivity contribution in [1.29, 1.82) is 5.41 Å². The van der Waals surface area contributed by atoms with E-state index >= 15 is 0 Å². The molecule has 0 aromatic carbocycles. The van der Waals surface area contributed by atoms with E-state index in [1.165, 1.54) is 6.92 Å². The van der Waals surface area contributed by atoms with E-state index in [4.69, 9.17) is 15.9 Å². The predicted octanol–water partition coefficient (Wildman–Crippen LogP) is 0.170. The smallest absolute Gasteiger partial charge is 0.304 e. The molecular formula is C14H24N4O4. The number of β-lactam (4-membered cyclic amide) rings is 1. The predicted molar refractivity (Wildman–Crippen MR) is 79.5 cm³/mol. The van der Waals surface area contributed by atoms with E-state index in [9.17, 15) is 14.4 Å². The zero-order valence-electron chi connectivity index (χ0n) is 13.4. The number of amides is 2. The lowest BCUT2D eigenvalue weighted by Crippen LogP contribution is -2.66. The number of carbonyl (C=O) groups is 3. The molecule has 2 amide bonds. The number of rotatable bonds is 5. The van der Waals surface area contributed by atoms with E-state index in [0.29, 0.717) is 19.4 Å². The molecule has 0 aromatic heterocycles. The number of esters is 1. The lowest BCUT2D eigenvalue weighted by Gasteiger charge is -2.46. The minimum atomic E-state index is -0.839. The molecule has 1 aliphatic rings. The van der Waals surface area contributed by atoms with Crippen molar-refractivity contribution in [3.05, 3.63) is 0 Å². The van der Waals surface area contributed by atoms with Gasteiger partial charge < -0.3 is 15.8 Å². The van der Waals surface area contributed by atoms with Gasteiger partial charge in [-0.1, -0.05) is 20.8 Å². The van der Waals surface area contributed by atoms with Gasteiger partial charge in [0.15, 0.2) is 12.2 Å². The molecule has 1 aliphatic heterocycles. The molecule has 0 saturated carbocycles. The van der Waals surface area contributed by atoms with Gasteiger partial charge in [-0.3, -0.25) is 19.8 Å². The van der Waals surface area contributed by atoms with Gasteiger partial charge in [-0.05, 0) is 12.8 Å². The topological polar surface area (TPSA) is 126 Å². The van der Waals surface area contributed by atoms with E-state index in [2.05, 4.69) is 5.32 Å². The van der Waals surface area contributed by atoms with Gasteiger partial charge in [0.05, 0.1) is 5.92 Å². The van der Waals surface area contributed by atoms with Crippen LogP contribution in [0, 0.1) is 16.7 Å². The first-order valence-corrected chi connectivity index (χ1v) is 7.18. The van der Waals surface area contributed by atoms with Gasteiger partial charge in [0, 0.05) is 18.9 Å². The molecule has 0 spiro atoms. The highest BCUT2D eigenvalue weighted by molar-refractivity contribution is 6.03. The number of ether oxygens (including phenoxy) is 1. The van der Waals surface area contributed by atoms with Gasteiger partial charge in [0.2, 0.25) is 11.8 Å². The minimum absolute atomic E-state index is 0.138. The zero-order chi connectivity index (χ0) is 17.1. The highest BCUT2D eigenvalue weighted by Crippen LogP contribution is 2.35. The van der Waals surface area contributed by atoms with Crippen LogP contribution in [0.15, 0.2) is 0 Å². The molecule has 22 heavy (non-hydrogen) atoms. The van der Waals surface area contributed by atoms with Crippen LogP contribution in [0.3, 0.4) is 0 Å². The molecule has 1 fully saturated rings. The minimum Gasteiger partial charge on any atom is -0.440 e. The molecule has 2 atom stereocenters. The summed E-state index contributed by atoms with van der Waals surface area (Å²) in [4.78, 5) is 36.7. The first kappa shape index (κ1) is 17.9. The Morgan fingerprint density at radius 1 is 1.41 bits per heavy atom. The average Bonchev–Trinajstić information content (AvgIpc) is 2.35. The normalized spacial score (nSPS) is 21.1. The number of carbonyl (C=O) groups excluding carboxylic acids is 3. The Labute approximate surface area is 129 Å². The summed E-state index contributed by atoms with van der Waals surface area (Å²) in [6.45, 7) is 6.81. The third-order valence-corrected chi connectivity index (χ3v) is 3.31. The zero-order valence-corrected chi connectivity index (χ0v) is 13.4. The molecule has 124 valence electrons. The quantitative estimate of drug-likeness (QED) is 0.218. The second-order valence-electron chi connectivity index (χ2n) is 6.35. The van der Waals surface area contributed by atoms with Crippen LogP contribution in [-0.2, 0) is 19.1 Å². The van der Waals surface area contributed by atoms with Crippen molar-refractivity contribution in [3.63, 3.8) is 0 Å². The molecule has 8 heteroatoms. The van der Waals surface area contributed by atoms with Crippen LogP contribution in [0.2, 0.25) is 0 Å². The number of nitrogens with two attached hydrogens (primary N) is 1. The summed E-state index contributed by atoms with van der Waals surface area (Å²) < 4.78 is 5.13. The Bertz CT molecular complexity index is 484. The number of imide groups is 1. The molecule has 8 nitrogen and oxygen atoms in total.